The molecule has 13 nitrogen and oxygen atoms in total. The van der Waals surface area contributed by atoms with Crippen LogP contribution in [0.1, 0.15) is 23.1 Å². The summed E-state index contributed by atoms with van der Waals surface area (Å²) in [5.74, 6) is -2.32. The van der Waals surface area contributed by atoms with Crippen LogP contribution in [0.2, 0.25) is 0 Å². The van der Waals surface area contributed by atoms with E-state index >= 15 is 0 Å². The van der Waals surface area contributed by atoms with Crippen LogP contribution < -0.4 is 14.8 Å². The Morgan fingerprint density at radius 3 is 2.58 bits per heavy atom. The van der Waals surface area contributed by atoms with Crippen molar-refractivity contribution in [2.24, 2.45) is 0 Å². The fourth-order valence-electron chi connectivity index (χ4n) is 3.61. The average Bonchev–Trinajstić information content (AvgIpc) is 3.33. The molecule has 5 rings (SSSR count). The fraction of sp³-hybridized carbons (Fsp3) is 0.200. The smallest absolute Gasteiger partial charge is 0.412 e. The summed E-state index contributed by atoms with van der Waals surface area (Å²) in [5, 5.41) is 11.8. The molecule has 15 heteroatoms. The van der Waals surface area contributed by atoms with Crippen molar-refractivity contribution in [2.45, 2.75) is 20.0 Å². The summed E-state index contributed by atoms with van der Waals surface area (Å²) in [6, 6.07) is 5.03. The average molecular weight is 566 g/mol. The number of carboxylic acid groups (broad SMARTS) is 1. The number of hydrogen-bond donors (Lipinski definition) is 2. The third-order valence-corrected chi connectivity index (χ3v) is 6.36. The van der Waals surface area contributed by atoms with E-state index in [0.717, 1.165) is 23.5 Å². The number of carbonyl (C=O) groups excluding carboxylic acids is 1. The van der Waals surface area contributed by atoms with Gasteiger partial charge < -0.3 is 19.3 Å². The van der Waals surface area contributed by atoms with Crippen molar-refractivity contribution in [1.29, 1.82) is 0 Å². The maximum absolute atomic E-state index is 14.8. The molecule has 2 N–H and O–H groups in total. The normalized spacial score (nSPS) is 11.8. The van der Waals surface area contributed by atoms with Crippen molar-refractivity contribution in [2.75, 3.05) is 19.0 Å². The van der Waals surface area contributed by atoms with Crippen LogP contribution in [0.4, 0.5) is 14.9 Å². The number of aromatic carboxylic acids is 1. The number of pyridine rings is 1. The highest BCUT2D eigenvalue weighted by atomic mass is 32.1. The molecule has 0 aliphatic heterocycles. The molecule has 1 aromatic carbocycles. The molecule has 0 fully saturated rings. The van der Waals surface area contributed by atoms with Crippen molar-refractivity contribution in [3.05, 3.63) is 54.0 Å². The van der Waals surface area contributed by atoms with Crippen LogP contribution in [-0.2, 0) is 4.74 Å². The summed E-state index contributed by atoms with van der Waals surface area (Å²) in [6.45, 7) is 3.28. The lowest BCUT2D eigenvalue weighted by molar-refractivity contribution is 0.0683. The highest BCUT2D eigenvalue weighted by molar-refractivity contribution is 7.21. The topological polar surface area (TPSA) is 171 Å². The first kappa shape index (κ1) is 26.6. The molecule has 0 aliphatic rings. The number of aromatic nitrogens is 6. The summed E-state index contributed by atoms with van der Waals surface area (Å²) in [4.78, 5) is 48.3. The van der Waals surface area contributed by atoms with Crippen LogP contribution in [0.5, 0.6) is 11.8 Å². The molecule has 0 saturated heterocycles. The maximum Gasteiger partial charge on any atom is 0.412 e. The summed E-state index contributed by atoms with van der Waals surface area (Å²) >= 11 is 1.24. The van der Waals surface area contributed by atoms with E-state index in [0.29, 0.717) is 32.3 Å². The second kappa shape index (κ2) is 11.0. The van der Waals surface area contributed by atoms with E-state index in [9.17, 15) is 14.0 Å². The number of thiazole rings is 1. The van der Waals surface area contributed by atoms with Gasteiger partial charge in [0.2, 0.25) is 11.7 Å². The van der Waals surface area contributed by atoms with Gasteiger partial charge in [0.1, 0.15) is 28.1 Å². The second-order valence-electron chi connectivity index (χ2n) is 8.46. The van der Waals surface area contributed by atoms with E-state index in [1.54, 1.807) is 6.92 Å². The van der Waals surface area contributed by atoms with Crippen LogP contribution in [0, 0.1) is 12.7 Å². The maximum atomic E-state index is 14.8. The van der Waals surface area contributed by atoms with Crippen LogP contribution in [0.15, 0.2) is 36.8 Å². The molecule has 1 atom stereocenters. The number of ether oxygens (including phenoxy) is 3. The Bertz CT molecular complexity index is 1750. The number of carboxylic acids is 1. The molecular formula is C25H20FN7O6S. The third kappa shape index (κ3) is 5.68. The Kier molecular flexibility index (Phi) is 7.29. The first-order chi connectivity index (χ1) is 19.2. The predicted molar refractivity (Wildman–Crippen MR) is 141 cm³/mol. The first-order valence-corrected chi connectivity index (χ1v) is 12.5. The van der Waals surface area contributed by atoms with Gasteiger partial charge in [-0.2, -0.15) is 4.98 Å². The highest BCUT2D eigenvalue weighted by Gasteiger charge is 2.18. The van der Waals surface area contributed by atoms with Crippen molar-refractivity contribution in [3.8, 4) is 22.3 Å². The molecule has 0 unspecified atom stereocenters. The molecule has 0 saturated carbocycles. The zero-order valence-corrected chi connectivity index (χ0v) is 22.0. The Morgan fingerprint density at radius 1 is 1.07 bits per heavy atom. The van der Waals surface area contributed by atoms with E-state index in [-0.39, 0.29) is 18.2 Å². The lowest BCUT2D eigenvalue weighted by Crippen LogP contribution is -2.25. The molecule has 4 heterocycles. The Hall–Kier alpha value is -5.05. The van der Waals surface area contributed by atoms with Gasteiger partial charge in [-0.3, -0.25) is 5.32 Å². The molecule has 1 amide bonds. The number of carbonyl (C=O) groups is 2. The monoisotopic (exact) mass is 565 g/mol. The number of nitrogens with one attached hydrogen (secondary N) is 1. The van der Waals surface area contributed by atoms with E-state index in [1.165, 1.54) is 30.7 Å². The standard InChI is InChI=1S/C25H20FN7O6S/c1-11-4-14(19-16(5-11)31-18(37-3)9-27-19)22-32-17-6-15(26)21(33-23(17)40-22)38-10-12(2)39-25(36)30-13-7-28-20(24(34)35)29-8-13/h4-9,12H,10H2,1-3H3,(H,30,36)(H,34,35)/t12-/m1/s1. The molecule has 0 aliphatic carbocycles. The Balaban J connectivity index is 1.28. The number of anilines is 1. The third-order valence-electron chi connectivity index (χ3n) is 5.37. The van der Waals surface area contributed by atoms with Gasteiger partial charge in [-0.1, -0.05) is 11.3 Å². The number of methoxy groups -OCH3 is 1. The van der Waals surface area contributed by atoms with Crippen molar-refractivity contribution in [3.63, 3.8) is 0 Å². The zero-order chi connectivity index (χ0) is 28.4. The van der Waals surface area contributed by atoms with Gasteiger partial charge in [-0.05, 0) is 31.5 Å². The predicted octanol–water partition coefficient (Wildman–Crippen LogP) is 4.26. The van der Waals surface area contributed by atoms with E-state index in [1.807, 2.05) is 19.1 Å². The lowest BCUT2D eigenvalue weighted by Gasteiger charge is -2.14. The highest BCUT2D eigenvalue weighted by Crippen LogP contribution is 2.35. The van der Waals surface area contributed by atoms with Gasteiger partial charge in [0.15, 0.2) is 5.82 Å². The second-order valence-corrected chi connectivity index (χ2v) is 9.44. The fourth-order valence-corrected chi connectivity index (χ4v) is 4.54. The van der Waals surface area contributed by atoms with E-state index < -0.39 is 29.8 Å². The van der Waals surface area contributed by atoms with Crippen molar-refractivity contribution < 1.29 is 33.3 Å². The number of hydrogen-bond acceptors (Lipinski definition) is 12. The number of fused-ring (bicyclic) bond motifs is 2. The number of benzene rings is 1. The first-order valence-electron chi connectivity index (χ1n) is 11.6. The minimum absolute atomic E-state index is 0.133. The molecular weight excluding hydrogens is 545 g/mol. The summed E-state index contributed by atoms with van der Waals surface area (Å²) in [5.41, 5.74) is 3.41. The van der Waals surface area contributed by atoms with Crippen LogP contribution in [-0.4, -0.2) is 66.9 Å². The van der Waals surface area contributed by atoms with E-state index in [2.05, 4.69) is 35.2 Å². The Labute approximate surface area is 229 Å². The van der Waals surface area contributed by atoms with Gasteiger partial charge in [0, 0.05) is 11.6 Å². The number of rotatable bonds is 8. The molecule has 204 valence electrons. The Morgan fingerprint density at radius 2 is 1.85 bits per heavy atom. The minimum atomic E-state index is -1.30. The SMILES string of the molecule is COc1cnc2c(-c3nc4cc(F)c(OC[C@@H](C)OC(=O)Nc5cnc(C(=O)O)nc5)nc4s3)cc(C)cc2n1. The summed E-state index contributed by atoms with van der Waals surface area (Å²) in [7, 11) is 1.52. The molecule has 5 aromatic rings. The molecule has 0 bridgehead atoms. The number of halogens is 1. The van der Waals surface area contributed by atoms with Crippen LogP contribution in [0.3, 0.4) is 0 Å². The van der Waals surface area contributed by atoms with Crippen molar-refractivity contribution in [1.82, 2.24) is 29.9 Å². The number of nitrogens with zero attached hydrogens (tertiary/aromatic N) is 6. The molecule has 0 spiro atoms. The molecule has 4 aromatic heterocycles. The molecule has 40 heavy (non-hydrogen) atoms. The lowest BCUT2D eigenvalue weighted by atomic mass is 10.1. The zero-order valence-electron chi connectivity index (χ0n) is 21.2. The van der Waals surface area contributed by atoms with Gasteiger partial charge in [-0.25, -0.2) is 38.9 Å². The van der Waals surface area contributed by atoms with E-state index in [4.69, 9.17) is 19.3 Å². The van der Waals surface area contributed by atoms with Gasteiger partial charge in [0.05, 0.1) is 42.4 Å². The quantitative estimate of drug-likeness (QED) is 0.274. The summed E-state index contributed by atoms with van der Waals surface area (Å²) in [6.07, 6.45) is 2.12. The number of amides is 1. The largest absolute Gasteiger partial charge is 0.480 e. The van der Waals surface area contributed by atoms with Crippen LogP contribution >= 0.6 is 11.3 Å². The van der Waals surface area contributed by atoms with Crippen LogP contribution in [0.25, 0.3) is 32.0 Å². The summed E-state index contributed by atoms with van der Waals surface area (Å²) < 4.78 is 30.6. The van der Waals surface area contributed by atoms with Gasteiger partial charge in [-0.15, -0.1) is 0 Å². The molecule has 0 radical (unpaired) electrons. The van der Waals surface area contributed by atoms with Crippen molar-refractivity contribution >= 4 is 50.5 Å². The van der Waals surface area contributed by atoms with Gasteiger partial charge >= 0.3 is 12.1 Å². The minimum Gasteiger partial charge on any atom is -0.480 e. The van der Waals surface area contributed by atoms with Gasteiger partial charge in [0.25, 0.3) is 5.88 Å². The number of aryl methyl sites for hydroxylation is 1.